The second-order valence-corrected chi connectivity index (χ2v) is 8.74. The summed E-state index contributed by atoms with van der Waals surface area (Å²) in [6.07, 6.45) is 3.10. The van der Waals surface area contributed by atoms with E-state index in [1.807, 2.05) is 0 Å². The zero-order chi connectivity index (χ0) is 25.1. The van der Waals surface area contributed by atoms with Crippen molar-refractivity contribution >= 4 is 63.8 Å². The minimum Gasteiger partial charge on any atom is -0.470 e. The summed E-state index contributed by atoms with van der Waals surface area (Å²) in [7, 11) is 0. The summed E-state index contributed by atoms with van der Waals surface area (Å²) in [4.78, 5) is 22.8. The number of carbonyl (C=O) groups is 1. The molecule has 0 radical (unpaired) electrons. The number of hydrogen-bond donors (Lipinski definition) is 1. The molecule has 0 saturated heterocycles. The number of nitro benzene ring substituents is 1. The van der Waals surface area contributed by atoms with Crippen molar-refractivity contribution in [1.29, 1.82) is 0 Å². The molecule has 1 amide bonds. The van der Waals surface area contributed by atoms with Crippen LogP contribution < -0.4 is 10.1 Å². The number of nitrogens with zero attached hydrogens (tertiary/aromatic N) is 5. The van der Waals surface area contributed by atoms with E-state index in [1.54, 1.807) is 29.1 Å². The van der Waals surface area contributed by atoms with Gasteiger partial charge in [0.1, 0.15) is 10.8 Å². The maximum Gasteiger partial charge on any atom is 0.277 e. The van der Waals surface area contributed by atoms with Crippen molar-refractivity contribution in [2.24, 2.45) is 0 Å². The summed E-state index contributed by atoms with van der Waals surface area (Å²) in [5, 5.41) is 23.0. The number of benzene rings is 2. The highest BCUT2D eigenvalue weighted by Gasteiger charge is 2.16. The lowest BCUT2D eigenvalue weighted by molar-refractivity contribution is -0.384. The fourth-order valence-electron chi connectivity index (χ4n) is 2.97. The quantitative estimate of drug-likeness (QED) is 0.212. The third-order valence-corrected chi connectivity index (χ3v) is 5.94. The molecular formula is C21H14Cl4N6O4. The Labute approximate surface area is 218 Å². The molecule has 0 fully saturated rings. The number of hydrogen-bond acceptors (Lipinski definition) is 6. The molecule has 2 heterocycles. The Bertz CT molecular complexity index is 1420. The first kappa shape index (κ1) is 24.8. The zero-order valence-electron chi connectivity index (χ0n) is 17.5. The minimum atomic E-state index is -0.559. The maximum atomic E-state index is 12.6. The molecule has 2 aromatic carbocycles. The number of anilines is 1. The number of non-ortho nitro benzene ring substituents is 1. The van der Waals surface area contributed by atoms with Gasteiger partial charge in [-0.2, -0.15) is 10.2 Å². The molecule has 0 saturated carbocycles. The van der Waals surface area contributed by atoms with Gasteiger partial charge in [0, 0.05) is 24.5 Å². The van der Waals surface area contributed by atoms with Crippen molar-refractivity contribution in [2.45, 2.75) is 13.3 Å². The average molecular weight is 556 g/mol. The largest absolute Gasteiger partial charge is 0.470 e. The van der Waals surface area contributed by atoms with E-state index in [1.165, 1.54) is 35.1 Å². The Kier molecular flexibility index (Phi) is 7.46. The number of ether oxygens (including phenoxy) is 1. The molecule has 180 valence electrons. The van der Waals surface area contributed by atoms with E-state index in [4.69, 9.17) is 51.1 Å². The number of carbonyl (C=O) groups excluding carboxylic acids is 1. The second-order valence-electron chi connectivity index (χ2n) is 7.11. The number of amides is 1. The lowest BCUT2D eigenvalue weighted by Crippen LogP contribution is -2.15. The lowest BCUT2D eigenvalue weighted by Gasteiger charge is -2.07. The van der Waals surface area contributed by atoms with Crippen molar-refractivity contribution in [1.82, 2.24) is 19.6 Å². The molecule has 35 heavy (non-hydrogen) atoms. The molecule has 0 bridgehead atoms. The number of aromatic nitrogens is 4. The molecule has 10 nitrogen and oxygen atoms in total. The smallest absolute Gasteiger partial charge is 0.277 e. The fraction of sp³-hybridized carbons (Fsp3) is 0.0952. The number of nitro groups is 1. The molecule has 0 aliphatic heterocycles. The van der Waals surface area contributed by atoms with Crippen LogP contribution in [0.4, 0.5) is 11.5 Å². The zero-order valence-corrected chi connectivity index (χ0v) is 20.5. The van der Waals surface area contributed by atoms with Crippen molar-refractivity contribution in [3.05, 3.63) is 96.3 Å². The molecule has 14 heteroatoms. The third kappa shape index (κ3) is 6.04. The highest BCUT2D eigenvalue weighted by atomic mass is 35.5. The highest BCUT2D eigenvalue weighted by Crippen LogP contribution is 2.29. The minimum absolute atomic E-state index is 0.0791. The molecule has 1 N–H and O–H groups in total. The molecule has 0 atom stereocenters. The van der Waals surface area contributed by atoms with Crippen LogP contribution in [0.25, 0.3) is 0 Å². The monoisotopic (exact) mass is 554 g/mol. The first-order valence-electron chi connectivity index (χ1n) is 9.78. The first-order valence-corrected chi connectivity index (χ1v) is 11.3. The summed E-state index contributed by atoms with van der Waals surface area (Å²) in [6, 6.07) is 10.5. The van der Waals surface area contributed by atoms with Gasteiger partial charge in [-0.3, -0.25) is 19.6 Å². The topological polar surface area (TPSA) is 117 Å². The molecular weight excluding hydrogens is 542 g/mol. The van der Waals surface area contributed by atoms with Gasteiger partial charge in [0.2, 0.25) is 0 Å². The predicted octanol–water partition coefficient (Wildman–Crippen LogP) is 5.94. The van der Waals surface area contributed by atoms with E-state index in [0.717, 1.165) is 5.56 Å². The van der Waals surface area contributed by atoms with Crippen LogP contribution in [0.2, 0.25) is 20.1 Å². The molecule has 4 aromatic rings. The van der Waals surface area contributed by atoms with Gasteiger partial charge < -0.3 is 10.1 Å². The normalized spacial score (nSPS) is 10.9. The summed E-state index contributed by atoms with van der Waals surface area (Å²) in [5.74, 6) is -0.128. The summed E-state index contributed by atoms with van der Waals surface area (Å²) < 4.78 is 8.44. The molecule has 4 rings (SSSR count). The Hall–Kier alpha value is -3.31. The fourth-order valence-corrected chi connectivity index (χ4v) is 3.72. The number of rotatable bonds is 8. The van der Waals surface area contributed by atoms with Crippen LogP contribution in [0.15, 0.2) is 54.9 Å². The summed E-state index contributed by atoms with van der Waals surface area (Å²) in [6.45, 7) is 0.285. The van der Waals surface area contributed by atoms with E-state index in [2.05, 4.69) is 15.5 Å². The van der Waals surface area contributed by atoms with Gasteiger partial charge in [0.05, 0.1) is 26.5 Å². The van der Waals surface area contributed by atoms with Gasteiger partial charge in [-0.15, -0.1) is 0 Å². The molecule has 2 aromatic heterocycles. The van der Waals surface area contributed by atoms with Crippen LogP contribution in [-0.2, 0) is 13.3 Å². The molecule has 0 spiro atoms. The van der Waals surface area contributed by atoms with Crippen LogP contribution in [0.5, 0.6) is 5.75 Å². The van der Waals surface area contributed by atoms with E-state index < -0.39 is 10.8 Å². The lowest BCUT2D eigenvalue weighted by atomic mass is 10.2. The SMILES string of the molecule is O=C(Nc1nn(Cc2ccc(Cl)c(Cl)c2)cc1Cl)c1ccn(COc2ccc([N+](=O)[O-])cc2Cl)n1. The van der Waals surface area contributed by atoms with Crippen LogP contribution >= 0.6 is 46.4 Å². The Balaban J connectivity index is 1.37. The first-order chi connectivity index (χ1) is 16.7. The van der Waals surface area contributed by atoms with E-state index >= 15 is 0 Å². The van der Waals surface area contributed by atoms with Crippen LogP contribution in [0.3, 0.4) is 0 Å². The van der Waals surface area contributed by atoms with Crippen molar-refractivity contribution in [2.75, 3.05) is 5.32 Å². The molecule has 0 aliphatic carbocycles. The molecule has 0 unspecified atom stereocenters. The Morgan fingerprint density at radius 1 is 0.971 bits per heavy atom. The van der Waals surface area contributed by atoms with E-state index in [9.17, 15) is 14.9 Å². The Morgan fingerprint density at radius 3 is 2.49 bits per heavy atom. The van der Waals surface area contributed by atoms with E-state index in [0.29, 0.717) is 16.6 Å². The third-order valence-electron chi connectivity index (χ3n) is 4.63. The van der Waals surface area contributed by atoms with Crippen molar-refractivity contribution in [3.63, 3.8) is 0 Å². The standard InChI is InChI=1S/C21H14Cl4N6O4/c22-14-3-1-12(7-15(14)23)9-30-10-17(25)20(28-30)26-21(32)18-5-6-29(27-18)11-35-19-4-2-13(31(33)34)8-16(19)24/h1-8,10H,9,11H2,(H,26,28,32). The van der Waals surface area contributed by atoms with Crippen molar-refractivity contribution < 1.29 is 14.5 Å². The van der Waals surface area contributed by atoms with Gasteiger partial charge in [-0.05, 0) is 29.8 Å². The van der Waals surface area contributed by atoms with Gasteiger partial charge >= 0.3 is 0 Å². The maximum absolute atomic E-state index is 12.6. The number of nitrogens with one attached hydrogen (secondary N) is 1. The summed E-state index contributed by atoms with van der Waals surface area (Å²) >= 11 is 24.2. The predicted molar refractivity (Wildman–Crippen MR) is 132 cm³/mol. The molecule has 0 aliphatic rings. The van der Waals surface area contributed by atoms with Crippen LogP contribution in [0.1, 0.15) is 16.1 Å². The average Bonchev–Trinajstić information content (AvgIpc) is 3.42. The second kappa shape index (κ2) is 10.5. The Morgan fingerprint density at radius 2 is 1.77 bits per heavy atom. The van der Waals surface area contributed by atoms with Gasteiger partial charge in [-0.25, -0.2) is 4.68 Å². The van der Waals surface area contributed by atoms with Crippen molar-refractivity contribution in [3.8, 4) is 5.75 Å². The summed E-state index contributed by atoms with van der Waals surface area (Å²) in [5.41, 5.74) is 0.792. The van der Waals surface area contributed by atoms with Gasteiger partial charge in [-0.1, -0.05) is 52.5 Å². The van der Waals surface area contributed by atoms with Gasteiger partial charge in [0.15, 0.2) is 18.2 Å². The van der Waals surface area contributed by atoms with Crippen LogP contribution in [0, 0.1) is 10.1 Å². The number of halogens is 4. The van der Waals surface area contributed by atoms with Crippen LogP contribution in [-0.4, -0.2) is 30.4 Å². The van der Waals surface area contributed by atoms with Gasteiger partial charge in [0.25, 0.3) is 11.6 Å². The highest BCUT2D eigenvalue weighted by molar-refractivity contribution is 6.42. The van der Waals surface area contributed by atoms with E-state index in [-0.39, 0.29) is 39.7 Å².